The van der Waals surface area contributed by atoms with E-state index in [-0.39, 0.29) is 34.6 Å². The number of sulfonamides is 1. The zero-order chi connectivity index (χ0) is 29.3. The molecule has 3 aromatic rings. The molecule has 8 nitrogen and oxygen atoms in total. The lowest BCUT2D eigenvalue weighted by Gasteiger charge is -2.33. The quantitative estimate of drug-likeness (QED) is 0.298. The smallest absolute Gasteiger partial charge is 0.244 e. The topological polar surface area (TPSA) is 96.0 Å². The van der Waals surface area contributed by atoms with Crippen LogP contribution in [0.4, 0.5) is 5.69 Å². The number of amides is 2. The second-order valence-electron chi connectivity index (χ2n) is 9.24. The molecule has 0 heterocycles. The molecule has 3 rings (SSSR count). The van der Waals surface area contributed by atoms with Crippen molar-refractivity contribution in [3.8, 4) is 5.75 Å². The third-order valence-corrected chi connectivity index (χ3v) is 8.06. The minimum atomic E-state index is -3.92. The van der Waals surface area contributed by atoms with E-state index in [0.29, 0.717) is 18.7 Å². The lowest BCUT2D eigenvalue weighted by atomic mass is 10.0. The first-order valence-electron chi connectivity index (χ1n) is 12.7. The van der Waals surface area contributed by atoms with Gasteiger partial charge in [0.2, 0.25) is 21.8 Å². The molecule has 40 heavy (non-hydrogen) atoms. The molecule has 0 aliphatic rings. The van der Waals surface area contributed by atoms with Crippen molar-refractivity contribution in [1.29, 1.82) is 0 Å². The molecule has 0 bridgehead atoms. The predicted molar refractivity (Wildman–Crippen MR) is 159 cm³/mol. The summed E-state index contributed by atoms with van der Waals surface area (Å²) in [5.74, 6) is -0.303. The molecule has 2 amide bonds. The number of nitrogens with zero attached hydrogens (tertiary/aromatic N) is 2. The molecular formula is C29H33Cl2N3O5S. The van der Waals surface area contributed by atoms with Crippen molar-refractivity contribution < 1.29 is 22.7 Å². The summed E-state index contributed by atoms with van der Waals surface area (Å²) in [6, 6.07) is 19.9. The maximum Gasteiger partial charge on any atom is 0.244 e. The molecule has 0 fully saturated rings. The van der Waals surface area contributed by atoms with Crippen LogP contribution < -0.4 is 14.4 Å². The van der Waals surface area contributed by atoms with Gasteiger partial charge in [-0.15, -0.1) is 0 Å². The van der Waals surface area contributed by atoms with E-state index < -0.39 is 28.5 Å². The van der Waals surface area contributed by atoms with E-state index in [1.54, 1.807) is 25.3 Å². The van der Waals surface area contributed by atoms with Gasteiger partial charge in [0.25, 0.3) is 0 Å². The van der Waals surface area contributed by atoms with E-state index in [4.69, 9.17) is 27.9 Å². The zero-order valence-electron chi connectivity index (χ0n) is 22.6. The molecule has 1 N–H and O–H groups in total. The molecule has 0 aromatic heterocycles. The summed E-state index contributed by atoms with van der Waals surface area (Å²) in [6.07, 6.45) is 1.95. The molecule has 0 unspecified atom stereocenters. The molecule has 0 saturated carbocycles. The van der Waals surface area contributed by atoms with Gasteiger partial charge >= 0.3 is 0 Å². The van der Waals surface area contributed by atoms with Crippen molar-refractivity contribution in [1.82, 2.24) is 10.2 Å². The maximum absolute atomic E-state index is 14.0. The van der Waals surface area contributed by atoms with Gasteiger partial charge in [0.1, 0.15) is 18.3 Å². The normalized spacial score (nSPS) is 11.9. The third-order valence-electron chi connectivity index (χ3n) is 6.18. The largest absolute Gasteiger partial charge is 0.497 e. The Labute approximate surface area is 245 Å². The fourth-order valence-corrected chi connectivity index (χ4v) is 5.28. The Kier molecular flexibility index (Phi) is 11.2. The summed E-state index contributed by atoms with van der Waals surface area (Å²) < 4.78 is 32.0. The number of hydrogen-bond donors (Lipinski definition) is 1. The molecule has 0 spiro atoms. The highest BCUT2D eigenvalue weighted by molar-refractivity contribution is 7.92. The number of carbonyl (C=O) groups is 2. The Hall–Kier alpha value is -3.27. The third kappa shape index (κ3) is 8.61. The van der Waals surface area contributed by atoms with E-state index in [1.165, 1.54) is 23.1 Å². The van der Waals surface area contributed by atoms with Crippen molar-refractivity contribution in [2.75, 3.05) is 30.8 Å². The van der Waals surface area contributed by atoms with Gasteiger partial charge in [-0.1, -0.05) is 72.6 Å². The number of nitrogens with one attached hydrogen (secondary N) is 1. The number of anilines is 1. The van der Waals surface area contributed by atoms with Crippen molar-refractivity contribution in [2.45, 2.75) is 32.4 Å². The zero-order valence-corrected chi connectivity index (χ0v) is 25.0. The molecule has 0 aliphatic carbocycles. The molecular weight excluding hydrogens is 573 g/mol. The van der Waals surface area contributed by atoms with Gasteiger partial charge in [0.05, 0.1) is 29.1 Å². The van der Waals surface area contributed by atoms with Gasteiger partial charge in [-0.3, -0.25) is 13.9 Å². The van der Waals surface area contributed by atoms with Gasteiger partial charge in [0, 0.05) is 19.5 Å². The minimum absolute atomic E-state index is 0.0477. The first-order valence-corrected chi connectivity index (χ1v) is 15.3. The molecule has 11 heteroatoms. The average Bonchev–Trinajstić information content (AvgIpc) is 2.93. The van der Waals surface area contributed by atoms with Crippen LogP contribution in [0.25, 0.3) is 0 Å². The number of methoxy groups -OCH3 is 1. The Bertz CT molecular complexity index is 1420. The fourth-order valence-electron chi connectivity index (χ4n) is 4.14. The van der Waals surface area contributed by atoms with Gasteiger partial charge in [-0.05, 0) is 47.9 Å². The molecule has 1 atom stereocenters. The van der Waals surface area contributed by atoms with Crippen LogP contribution in [0.3, 0.4) is 0 Å². The highest BCUT2D eigenvalue weighted by atomic mass is 35.5. The van der Waals surface area contributed by atoms with Gasteiger partial charge < -0.3 is 15.0 Å². The van der Waals surface area contributed by atoms with Gasteiger partial charge in [0.15, 0.2) is 0 Å². The number of halogens is 2. The summed E-state index contributed by atoms with van der Waals surface area (Å²) in [7, 11) is -2.37. The Morgan fingerprint density at radius 2 is 1.65 bits per heavy atom. The van der Waals surface area contributed by atoms with E-state index in [1.807, 2.05) is 43.3 Å². The number of hydrogen-bond acceptors (Lipinski definition) is 5. The second kappa shape index (κ2) is 14.4. The lowest BCUT2D eigenvalue weighted by Crippen LogP contribution is -2.53. The van der Waals surface area contributed by atoms with Crippen LogP contribution in [0, 0.1) is 0 Å². The highest BCUT2D eigenvalue weighted by Crippen LogP contribution is 2.29. The fraction of sp³-hybridized carbons (Fsp3) is 0.310. The van der Waals surface area contributed by atoms with Crippen molar-refractivity contribution in [3.63, 3.8) is 0 Å². The predicted octanol–water partition coefficient (Wildman–Crippen LogP) is 4.93. The molecule has 0 saturated heterocycles. The first kappa shape index (κ1) is 31.3. The van der Waals surface area contributed by atoms with E-state index in [2.05, 4.69) is 5.32 Å². The van der Waals surface area contributed by atoms with Crippen LogP contribution in [0.2, 0.25) is 10.0 Å². The molecule has 3 aromatic carbocycles. The number of carbonyl (C=O) groups excluding carboxylic acids is 2. The van der Waals surface area contributed by atoms with Crippen LogP contribution >= 0.6 is 23.2 Å². The standard InChI is InChI=1S/C29H33Cl2N3O5S/c1-4-15-32-29(36)27(17-21-9-6-5-7-10-21)33(19-22-11-8-12-24(16-22)39-2)28(35)20-34(40(3,37)38)23-13-14-25(30)26(31)18-23/h5-14,16,18,27H,4,15,17,19-20H2,1-3H3,(H,32,36)/t27-/m1/s1. The number of rotatable bonds is 13. The molecule has 0 radical (unpaired) electrons. The van der Waals surface area contributed by atoms with Crippen molar-refractivity contribution in [2.24, 2.45) is 0 Å². The summed E-state index contributed by atoms with van der Waals surface area (Å²) in [4.78, 5) is 29.0. The summed E-state index contributed by atoms with van der Waals surface area (Å²) in [5, 5.41) is 3.30. The van der Waals surface area contributed by atoms with E-state index >= 15 is 0 Å². The van der Waals surface area contributed by atoms with Crippen LogP contribution in [0.1, 0.15) is 24.5 Å². The van der Waals surface area contributed by atoms with Crippen molar-refractivity contribution >= 4 is 50.7 Å². The van der Waals surface area contributed by atoms with Gasteiger partial charge in [-0.25, -0.2) is 8.42 Å². The first-order chi connectivity index (χ1) is 19.0. The highest BCUT2D eigenvalue weighted by Gasteiger charge is 2.33. The SMILES string of the molecule is CCCNC(=O)[C@@H](Cc1ccccc1)N(Cc1cccc(OC)c1)C(=O)CN(c1ccc(Cl)c(Cl)c1)S(C)(=O)=O. The van der Waals surface area contributed by atoms with E-state index in [9.17, 15) is 18.0 Å². The van der Waals surface area contributed by atoms with Crippen LogP contribution in [-0.2, 0) is 32.6 Å². The maximum atomic E-state index is 14.0. The Morgan fingerprint density at radius 1 is 0.950 bits per heavy atom. The number of benzene rings is 3. The molecule has 0 aliphatic heterocycles. The number of ether oxygens (including phenoxy) is 1. The molecule has 214 valence electrons. The van der Waals surface area contributed by atoms with Crippen molar-refractivity contribution in [3.05, 3.63) is 94.0 Å². The van der Waals surface area contributed by atoms with Gasteiger partial charge in [-0.2, -0.15) is 0 Å². The summed E-state index contributed by atoms with van der Waals surface area (Å²) in [6.45, 7) is 1.87. The minimum Gasteiger partial charge on any atom is -0.497 e. The van der Waals surface area contributed by atoms with Crippen LogP contribution in [0.15, 0.2) is 72.8 Å². The summed E-state index contributed by atoms with van der Waals surface area (Å²) >= 11 is 12.2. The lowest BCUT2D eigenvalue weighted by molar-refractivity contribution is -0.140. The Morgan fingerprint density at radius 3 is 2.27 bits per heavy atom. The summed E-state index contributed by atoms with van der Waals surface area (Å²) in [5.41, 5.74) is 1.75. The monoisotopic (exact) mass is 605 g/mol. The second-order valence-corrected chi connectivity index (χ2v) is 12.0. The Balaban J connectivity index is 2.06. The van der Waals surface area contributed by atoms with E-state index in [0.717, 1.165) is 21.7 Å². The average molecular weight is 607 g/mol. The van der Waals surface area contributed by atoms with Crippen LogP contribution in [-0.4, -0.2) is 57.6 Å². The van der Waals surface area contributed by atoms with Crippen LogP contribution in [0.5, 0.6) is 5.75 Å².